The number of nitrogens with one attached hydrogen (secondary N) is 1. The van der Waals surface area contributed by atoms with E-state index in [4.69, 9.17) is 5.11 Å². The minimum atomic E-state index is -2.48. The van der Waals surface area contributed by atoms with Crippen LogP contribution in [0.1, 0.15) is 6.92 Å². The minimum absolute atomic E-state index is 0.0853. The van der Waals surface area contributed by atoms with E-state index in [0.717, 1.165) is 0 Å². The number of carboxylic acid groups (broad SMARTS) is 1. The standard InChI is InChI=1S/C7H13F2NO3/c1-5(7(11)12)10-2-3-13-4-6(8)9/h5-6,10H,2-4H2,1H3,(H,11,12). The summed E-state index contributed by atoms with van der Waals surface area (Å²) < 4.78 is 27.5. The summed E-state index contributed by atoms with van der Waals surface area (Å²) in [5.41, 5.74) is 0. The highest BCUT2D eigenvalue weighted by Gasteiger charge is 2.08. The zero-order valence-corrected chi connectivity index (χ0v) is 7.30. The summed E-state index contributed by atoms with van der Waals surface area (Å²) in [6, 6.07) is -0.685. The van der Waals surface area contributed by atoms with Crippen LogP contribution in [-0.2, 0) is 9.53 Å². The summed E-state index contributed by atoms with van der Waals surface area (Å²) in [5, 5.41) is 11.0. The van der Waals surface area contributed by atoms with Crippen molar-refractivity contribution in [2.24, 2.45) is 0 Å². The molecule has 0 aliphatic rings. The van der Waals surface area contributed by atoms with Crippen LogP contribution in [0, 0.1) is 0 Å². The van der Waals surface area contributed by atoms with Crippen LogP contribution in [0.2, 0.25) is 0 Å². The second kappa shape index (κ2) is 6.73. The lowest BCUT2D eigenvalue weighted by Gasteiger charge is -2.08. The van der Waals surface area contributed by atoms with Gasteiger partial charge in [-0.05, 0) is 6.92 Å². The molecule has 1 atom stereocenters. The van der Waals surface area contributed by atoms with Crippen molar-refractivity contribution in [2.45, 2.75) is 19.4 Å². The van der Waals surface area contributed by atoms with Crippen molar-refractivity contribution in [3.63, 3.8) is 0 Å². The molecule has 0 rings (SSSR count). The molecule has 0 spiro atoms. The lowest BCUT2D eigenvalue weighted by molar-refractivity contribution is -0.139. The average Bonchev–Trinajstić information content (AvgIpc) is 2.02. The molecule has 0 radical (unpaired) electrons. The summed E-state index contributed by atoms with van der Waals surface area (Å²) in [5.74, 6) is -0.978. The van der Waals surface area contributed by atoms with E-state index in [0.29, 0.717) is 0 Å². The van der Waals surface area contributed by atoms with Gasteiger partial charge in [0.15, 0.2) is 0 Å². The monoisotopic (exact) mass is 197 g/mol. The highest BCUT2D eigenvalue weighted by atomic mass is 19.3. The SMILES string of the molecule is CC(NCCOCC(F)F)C(=O)O. The number of carbonyl (C=O) groups is 1. The Morgan fingerprint density at radius 3 is 2.69 bits per heavy atom. The molecule has 0 fully saturated rings. The lowest BCUT2D eigenvalue weighted by Crippen LogP contribution is -2.36. The number of alkyl halides is 2. The van der Waals surface area contributed by atoms with Crippen molar-refractivity contribution < 1.29 is 23.4 Å². The number of rotatable bonds is 7. The Morgan fingerprint density at radius 2 is 2.23 bits per heavy atom. The first kappa shape index (κ1) is 12.2. The van der Waals surface area contributed by atoms with Crippen LogP contribution in [0.3, 0.4) is 0 Å². The predicted octanol–water partition coefficient (Wildman–Crippen LogP) is 0.331. The smallest absolute Gasteiger partial charge is 0.320 e. The van der Waals surface area contributed by atoms with E-state index in [1.165, 1.54) is 6.92 Å². The molecule has 6 heteroatoms. The van der Waals surface area contributed by atoms with E-state index >= 15 is 0 Å². The normalized spacial score (nSPS) is 13.2. The van der Waals surface area contributed by atoms with Gasteiger partial charge in [0.05, 0.1) is 6.61 Å². The highest BCUT2D eigenvalue weighted by molar-refractivity contribution is 5.72. The second-order valence-corrected chi connectivity index (χ2v) is 2.48. The van der Waals surface area contributed by atoms with Crippen LogP contribution in [0.5, 0.6) is 0 Å². The summed E-state index contributed by atoms with van der Waals surface area (Å²) in [6.45, 7) is 1.20. The van der Waals surface area contributed by atoms with Gasteiger partial charge in [0.25, 0.3) is 6.43 Å². The van der Waals surface area contributed by atoms with Gasteiger partial charge in [0.1, 0.15) is 12.6 Å². The molecule has 4 nitrogen and oxygen atoms in total. The molecule has 2 N–H and O–H groups in total. The molecular formula is C7H13F2NO3. The van der Waals surface area contributed by atoms with Crippen LogP contribution in [0.4, 0.5) is 8.78 Å². The fourth-order valence-corrected chi connectivity index (χ4v) is 0.607. The first-order valence-corrected chi connectivity index (χ1v) is 3.86. The molecule has 0 saturated heterocycles. The summed E-state index contributed by atoms with van der Waals surface area (Å²) in [4.78, 5) is 10.2. The van der Waals surface area contributed by atoms with Crippen molar-refractivity contribution in [1.82, 2.24) is 5.32 Å². The first-order valence-electron chi connectivity index (χ1n) is 3.86. The molecule has 0 amide bonds. The lowest BCUT2D eigenvalue weighted by atomic mass is 10.3. The van der Waals surface area contributed by atoms with Crippen LogP contribution in [0.15, 0.2) is 0 Å². The number of halogens is 2. The van der Waals surface area contributed by atoms with Gasteiger partial charge >= 0.3 is 5.97 Å². The van der Waals surface area contributed by atoms with E-state index in [1.54, 1.807) is 0 Å². The van der Waals surface area contributed by atoms with E-state index in [2.05, 4.69) is 10.1 Å². The maximum absolute atomic E-state index is 11.5. The Balaban J connectivity index is 3.21. The third kappa shape index (κ3) is 7.61. The average molecular weight is 197 g/mol. The maximum atomic E-state index is 11.5. The van der Waals surface area contributed by atoms with Crippen molar-refractivity contribution in [3.8, 4) is 0 Å². The molecule has 0 aromatic rings. The van der Waals surface area contributed by atoms with Crippen LogP contribution < -0.4 is 5.32 Å². The van der Waals surface area contributed by atoms with Crippen molar-refractivity contribution in [2.75, 3.05) is 19.8 Å². The van der Waals surface area contributed by atoms with E-state index < -0.39 is 25.0 Å². The molecule has 0 bridgehead atoms. The maximum Gasteiger partial charge on any atom is 0.320 e. The van der Waals surface area contributed by atoms with Gasteiger partial charge < -0.3 is 15.2 Å². The Bertz CT molecular complexity index is 155. The zero-order chi connectivity index (χ0) is 10.3. The van der Waals surface area contributed by atoms with Gasteiger partial charge in [-0.2, -0.15) is 0 Å². The van der Waals surface area contributed by atoms with E-state index in [-0.39, 0.29) is 13.2 Å². The largest absolute Gasteiger partial charge is 0.480 e. The predicted molar refractivity (Wildman–Crippen MR) is 41.9 cm³/mol. The summed E-state index contributed by atoms with van der Waals surface area (Å²) in [7, 11) is 0. The zero-order valence-electron chi connectivity index (χ0n) is 7.30. The molecule has 13 heavy (non-hydrogen) atoms. The van der Waals surface area contributed by atoms with Crippen molar-refractivity contribution in [3.05, 3.63) is 0 Å². The number of carboxylic acids is 1. The quantitative estimate of drug-likeness (QED) is 0.577. The minimum Gasteiger partial charge on any atom is -0.480 e. The third-order valence-electron chi connectivity index (χ3n) is 1.31. The van der Waals surface area contributed by atoms with Gasteiger partial charge in [-0.25, -0.2) is 8.78 Å². The van der Waals surface area contributed by atoms with Crippen LogP contribution in [0.25, 0.3) is 0 Å². The fourth-order valence-electron chi connectivity index (χ4n) is 0.607. The topological polar surface area (TPSA) is 58.6 Å². The molecule has 0 aliphatic carbocycles. The Hall–Kier alpha value is -0.750. The van der Waals surface area contributed by atoms with Crippen molar-refractivity contribution in [1.29, 1.82) is 0 Å². The molecule has 0 heterocycles. The molecule has 0 aromatic carbocycles. The molecule has 0 saturated carbocycles. The summed E-state index contributed by atoms with van der Waals surface area (Å²) in [6.07, 6.45) is -2.48. The summed E-state index contributed by atoms with van der Waals surface area (Å²) >= 11 is 0. The molecular weight excluding hydrogens is 184 g/mol. The van der Waals surface area contributed by atoms with Gasteiger partial charge in [-0.15, -0.1) is 0 Å². The molecule has 0 aromatic heterocycles. The van der Waals surface area contributed by atoms with Gasteiger partial charge in [-0.1, -0.05) is 0 Å². The van der Waals surface area contributed by atoms with Gasteiger partial charge in [0, 0.05) is 6.54 Å². The Labute approximate surface area is 74.9 Å². The third-order valence-corrected chi connectivity index (χ3v) is 1.31. The van der Waals surface area contributed by atoms with Crippen LogP contribution >= 0.6 is 0 Å². The second-order valence-electron chi connectivity index (χ2n) is 2.48. The Kier molecular flexibility index (Phi) is 6.34. The van der Waals surface area contributed by atoms with Crippen LogP contribution in [-0.4, -0.2) is 43.3 Å². The molecule has 78 valence electrons. The number of hydrogen-bond donors (Lipinski definition) is 2. The highest BCUT2D eigenvalue weighted by Crippen LogP contribution is 1.91. The van der Waals surface area contributed by atoms with Gasteiger partial charge in [0.2, 0.25) is 0 Å². The number of hydrogen-bond acceptors (Lipinski definition) is 3. The molecule has 1 unspecified atom stereocenters. The van der Waals surface area contributed by atoms with Crippen molar-refractivity contribution >= 4 is 5.97 Å². The Morgan fingerprint density at radius 1 is 1.62 bits per heavy atom. The van der Waals surface area contributed by atoms with E-state index in [1.807, 2.05) is 0 Å². The van der Waals surface area contributed by atoms with E-state index in [9.17, 15) is 13.6 Å². The number of aliphatic carboxylic acids is 1. The first-order chi connectivity index (χ1) is 6.04. The van der Waals surface area contributed by atoms with Gasteiger partial charge in [-0.3, -0.25) is 4.79 Å². The molecule has 0 aliphatic heterocycles. The fraction of sp³-hybridized carbons (Fsp3) is 0.857. The number of ether oxygens (including phenoxy) is 1.